The summed E-state index contributed by atoms with van der Waals surface area (Å²) in [6.45, 7) is 7.64. The normalized spacial score (nSPS) is 21.9. The summed E-state index contributed by atoms with van der Waals surface area (Å²) in [5.74, 6) is 1.06. The van der Waals surface area contributed by atoms with Crippen molar-refractivity contribution in [1.29, 1.82) is 0 Å². The molecule has 2 amide bonds. The number of likely N-dealkylation sites (tertiary alicyclic amines) is 1. The van der Waals surface area contributed by atoms with Gasteiger partial charge in [0, 0.05) is 25.6 Å². The van der Waals surface area contributed by atoms with Gasteiger partial charge in [-0.05, 0) is 48.3 Å². The van der Waals surface area contributed by atoms with Crippen LogP contribution < -0.4 is 5.32 Å². The highest BCUT2D eigenvalue weighted by atomic mass is 16.2. The fourth-order valence-corrected chi connectivity index (χ4v) is 4.77. The Kier molecular flexibility index (Phi) is 6.26. The summed E-state index contributed by atoms with van der Waals surface area (Å²) in [7, 11) is 0. The Bertz CT molecular complexity index is 945. The number of amides is 2. The third kappa shape index (κ3) is 4.73. The highest BCUT2D eigenvalue weighted by molar-refractivity contribution is 5.85. The van der Waals surface area contributed by atoms with E-state index in [9.17, 15) is 9.59 Å². The molecule has 1 N–H and O–H groups in total. The zero-order valence-electron chi connectivity index (χ0n) is 18.3. The van der Waals surface area contributed by atoms with Crippen LogP contribution in [0, 0.1) is 17.3 Å². The summed E-state index contributed by atoms with van der Waals surface area (Å²) in [4.78, 5) is 27.9. The predicted molar refractivity (Wildman–Crippen MR) is 124 cm³/mol. The Labute approximate surface area is 185 Å². The van der Waals surface area contributed by atoms with E-state index in [1.54, 1.807) is 6.08 Å². The highest BCUT2D eigenvalue weighted by Gasteiger charge is 2.46. The standard InChI is InChI=1S/C27H32N2O2/c1-3-14-28-26(31)27(12-15-29(16-13-27)25(30)24-17-20(24)2)19-21-8-7-11-23(18-21)22-9-5-4-6-10-22/h3-11,18,20,24H,1,12-17,19H2,2H3,(H,28,31)/t20-,24+/m0/s1. The maximum atomic E-state index is 13.3. The van der Waals surface area contributed by atoms with E-state index in [4.69, 9.17) is 0 Å². The van der Waals surface area contributed by atoms with Gasteiger partial charge in [-0.25, -0.2) is 0 Å². The van der Waals surface area contributed by atoms with Crippen LogP contribution in [-0.4, -0.2) is 36.3 Å². The van der Waals surface area contributed by atoms with Crippen molar-refractivity contribution in [3.05, 3.63) is 72.8 Å². The lowest BCUT2D eigenvalue weighted by molar-refractivity contribution is -0.141. The van der Waals surface area contributed by atoms with E-state index in [1.165, 1.54) is 5.56 Å². The number of carbonyl (C=O) groups is 2. The number of carbonyl (C=O) groups excluding carboxylic acids is 2. The smallest absolute Gasteiger partial charge is 0.226 e. The number of hydrogen-bond acceptors (Lipinski definition) is 2. The van der Waals surface area contributed by atoms with Crippen LogP contribution in [0.25, 0.3) is 11.1 Å². The Hall–Kier alpha value is -2.88. The molecule has 162 valence electrons. The SMILES string of the molecule is C=CCNC(=O)C1(Cc2cccc(-c3ccccc3)c2)CCN(C(=O)[C@@H]2C[C@@H]2C)CC1. The van der Waals surface area contributed by atoms with E-state index in [-0.39, 0.29) is 17.7 Å². The minimum Gasteiger partial charge on any atom is -0.352 e. The topological polar surface area (TPSA) is 49.4 Å². The van der Waals surface area contributed by atoms with Gasteiger partial charge in [0.2, 0.25) is 11.8 Å². The minimum atomic E-state index is -0.496. The first-order valence-corrected chi connectivity index (χ1v) is 11.3. The van der Waals surface area contributed by atoms with Crippen LogP contribution in [0.5, 0.6) is 0 Å². The first-order chi connectivity index (χ1) is 15.0. The number of piperidine rings is 1. The Morgan fingerprint density at radius 3 is 2.42 bits per heavy atom. The highest BCUT2D eigenvalue weighted by Crippen LogP contribution is 2.42. The van der Waals surface area contributed by atoms with E-state index in [0.717, 1.165) is 17.5 Å². The average Bonchev–Trinajstić information content (AvgIpc) is 3.54. The number of nitrogens with one attached hydrogen (secondary N) is 1. The molecule has 0 unspecified atom stereocenters. The third-order valence-corrected chi connectivity index (χ3v) is 6.92. The predicted octanol–water partition coefficient (Wildman–Crippen LogP) is 4.46. The molecule has 4 rings (SSSR count). The van der Waals surface area contributed by atoms with E-state index in [1.807, 2.05) is 23.1 Å². The summed E-state index contributed by atoms with van der Waals surface area (Å²) in [6.07, 6.45) is 4.79. The van der Waals surface area contributed by atoms with Crippen LogP contribution in [0.4, 0.5) is 0 Å². The maximum absolute atomic E-state index is 13.3. The molecule has 2 aromatic carbocycles. The maximum Gasteiger partial charge on any atom is 0.226 e. The quantitative estimate of drug-likeness (QED) is 0.678. The monoisotopic (exact) mass is 416 g/mol. The van der Waals surface area contributed by atoms with Crippen LogP contribution in [0.1, 0.15) is 31.7 Å². The molecular weight excluding hydrogens is 384 g/mol. The van der Waals surface area contributed by atoms with Crippen molar-refractivity contribution in [3.8, 4) is 11.1 Å². The fourth-order valence-electron chi connectivity index (χ4n) is 4.77. The second kappa shape index (κ2) is 9.09. The molecule has 2 atom stereocenters. The number of hydrogen-bond donors (Lipinski definition) is 1. The number of rotatable bonds is 7. The Morgan fingerprint density at radius 2 is 1.77 bits per heavy atom. The van der Waals surface area contributed by atoms with Gasteiger partial charge in [-0.3, -0.25) is 9.59 Å². The molecule has 1 saturated heterocycles. The van der Waals surface area contributed by atoms with Crippen LogP contribution in [0.3, 0.4) is 0 Å². The molecule has 0 bridgehead atoms. The molecule has 1 aliphatic carbocycles. The van der Waals surface area contributed by atoms with Crippen LogP contribution in [0.15, 0.2) is 67.3 Å². The molecule has 4 nitrogen and oxygen atoms in total. The van der Waals surface area contributed by atoms with E-state index in [2.05, 4.69) is 55.2 Å². The van der Waals surface area contributed by atoms with Crippen molar-refractivity contribution in [2.45, 2.75) is 32.6 Å². The Balaban J connectivity index is 1.53. The van der Waals surface area contributed by atoms with Crippen LogP contribution in [-0.2, 0) is 16.0 Å². The van der Waals surface area contributed by atoms with Gasteiger partial charge in [0.25, 0.3) is 0 Å². The lowest BCUT2D eigenvalue weighted by Gasteiger charge is -2.41. The second-order valence-corrected chi connectivity index (χ2v) is 9.17. The second-order valence-electron chi connectivity index (χ2n) is 9.17. The van der Waals surface area contributed by atoms with Crippen molar-refractivity contribution >= 4 is 11.8 Å². The third-order valence-electron chi connectivity index (χ3n) is 6.92. The van der Waals surface area contributed by atoms with Crippen LogP contribution >= 0.6 is 0 Å². The van der Waals surface area contributed by atoms with Gasteiger partial charge in [-0.2, -0.15) is 0 Å². The number of nitrogens with zero attached hydrogens (tertiary/aromatic N) is 1. The van der Waals surface area contributed by atoms with Crippen molar-refractivity contribution in [2.24, 2.45) is 17.3 Å². The molecule has 0 radical (unpaired) electrons. The lowest BCUT2D eigenvalue weighted by atomic mass is 9.72. The van der Waals surface area contributed by atoms with Crippen molar-refractivity contribution in [1.82, 2.24) is 10.2 Å². The molecule has 2 aromatic rings. The van der Waals surface area contributed by atoms with Crippen LogP contribution in [0.2, 0.25) is 0 Å². The largest absolute Gasteiger partial charge is 0.352 e. The van der Waals surface area contributed by atoms with E-state index < -0.39 is 5.41 Å². The molecule has 31 heavy (non-hydrogen) atoms. The summed E-state index contributed by atoms with van der Waals surface area (Å²) in [5, 5.41) is 3.04. The van der Waals surface area contributed by atoms with Crippen molar-refractivity contribution < 1.29 is 9.59 Å². The molecule has 1 saturated carbocycles. The first kappa shape index (κ1) is 21.4. The van der Waals surface area contributed by atoms with E-state index in [0.29, 0.717) is 44.8 Å². The lowest BCUT2D eigenvalue weighted by Crippen LogP contribution is -2.51. The molecule has 2 fully saturated rings. The molecule has 0 spiro atoms. The molecule has 1 aliphatic heterocycles. The average molecular weight is 417 g/mol. The molecule has 4 heteroatoms. The summed E-state index contributed by atoms with van der Waals surface area (Å²) >= 11 is 0. The number of benzene rings is 2. The van der Waals surface area contributed by atoms with Gasteiger partial charge < -0.3 is 10.2 Å². The van der Waals surface area contributed by atoms with Gasteiger partial charge >= 0.3 is 0 Å². The van der Waals surface area contributed by atoms with Gasteiger partial charge in [0.15, 0.2) is 0 Å². The first-order valence-electron chi connectivity index (χ1n) is 11.3. The van der Waals surface area contributed by atoms with Gasteiger partial charge in [0.1, 0.15) is 0 Å². The van der Waals surface area contributed by atoms with Gasteiger partial charge in [0.05, 0.1) is 5.41 Å². The summed E-state index contributed by atoms with van der Waals surface area (Å²) < 4.78 is 0. The molecule has 1 heterocycles. The van der Waals surface area contributed by atoms with Gasteiger partial charge in [-0.1, -0.05) is 67.6 Å². The molecule has 2 aliphatic rings. The van der Waals surface area contributed by atoms with Crippen molar-refractivity contribution in [2.75, 3.05) is 19.6 Å². The fraction of sp³-hybridized carbons (Fsp3) is 0.407. The van der Waals surface area contributed by atoms with Crippen molar-refractivity contribution in [3.63, 3.8) is 0 Å². The summed E-state index contributed by atoms with van der Waals surface area (Å²) in [6, 6.07) is 18.8. The van der Waals surface area contributed by atoms with Gasteiger partial charge in [-0.15, -0.1) is 6.58 Å². The minimum absolute atomic E-state index is 0.0735. The molecule has 0 aromatic heterocycles. The zero-order valence-corrected chi connectivity index (χ0v) is 18.3. The summed E-state index contributed by atoms with van der Waals surface area (Å²) in [5.41, 5.74) is 3.00. The van der Waals surface area contributed by atoms with E-state index >= 15 is 0 Å². The zero-order chi connectivity index (χ0) is 21.8. The Morgan fingerprint density at radius 1 is 1.10 bits per heavy atom. The molecular formula is C27H32N2O2.